The minimum absolute atomic E-state index is 0.0512. The number of thiazole rings is 1. The highest BCUT2D eigenvalue weighted by Gasteiger charge is 2.51. The monoisotopic (exact) mass is 461 g/mol. The molecule has 4 heterocycles. The SMILES string of the molecule is O=C(O)C(F)(F)F.O=C(c1cscn1)N1CC2(CC(OCc3ccccn3)CS2)C1. The van der Waals surface area contributed by atoms with Crippen LogP contribution in [0.15, 0.2) is 35.3 Å². The largest absolute Gasteiger partial charge is 0.490 e. The summed E-state index contributed by atoms with van der Waals surface area (Å²) in [5.41, 5.74) is 3.23. The maximum Gasteiger partial charge on any atom is 0.490 e. The Morgan fingerprint density at radius 2 is 2.03 bits per heavy atom. The van der Waals surface area contributed by atoms with Crippen LogP contribution in [0.4, 0.5) is 13.2 Å². The fraction of sp³-hybridized carbons (Fsp3) is 0.444. The quantitative estimate of drug-likeness (QED) is 0.748. The Kier molecular flexibility index (Phi) is 6.98. The van der Waals surface area contributed by atoms with Gasteiger partial charge in [0.1, 0.15) is 5.69 Å². The van der Waals surface area contributed by atoms with Crippen LogP contribution in [0.3, 0.4) is 0 Å². The average Bonchev–Trinajstić information content (AvgIpc) is 3.35. The zero-order chi connectivity index (χ0) is 21.8. The van der Waals surface area contributed by atoms with E-state index in [4.69, 9.17) is 14.6 Å². The predicted octanol–water partition coefficient (Wildman–Crippen LogP) is 3.09. The molecule has 1 unspecified atom stereocenters. The van der Waals surface area contributed by atoms with Crippen molar-refractivity contribution in [1.82, 2.24) is 14.9 Å². The summed E-state index contributed by atoms with van der Waals surface area (Å²) in [5.74, 6) is -1.71. The molecule has 1 spiro atoms. The fourth-order valence-electron chi connectivity index (χ4n) is 3.09. The lowest BCUT2D eigenvalue weighted by Gasteiger charge is -2.47. The standard InChI is InChI=1S/C16H17N3O2S2.C2HF3O2/c20-15(14-8-22-11-18-14)19-9-16(10-19)5-13(7-23-16)21-6-12-3-1-2-4-17-12;3-2(4,5)1(6)7/h1-4,8,11,13H,5-7,9-10H2;(H,6,7). The first kappa shape index (κ1) is 22.5. The molecule has 2 aromatic rings. The Labute approximate surface area is 178 Å². The Morgan fingerprint density at radius 1 is 1.30 bits per heavy atom. The number of hydrogen-bond donors (Lipinski definition) is 1. The van der Waals surface area contributed by atoms with Gasteiger partial charge in [-0.3, -0.25) is 9.78 Å². The number of aliphatic carboxylic acids is 1. The molecule has 162 valence electrons. The number of amides is 1. The summed E-state index contributed by atoms with van der Waals surface area (Å²) >= 11 is 3.39. The number of carbonyl (C=O) groups excluding carboxylic acids is 1. The number of carboxylic acids is 1. The molecule has 4 rings (SSSR count). The van der Waals surface area contributed by atoms with Crippen molar-refractivity contribution in [3.63, 3.8) is 0 Å². The lowest BCUT2D eigenvalue weighted by Crippen LogP contribution is -2.60. The number of nitrogens with zero attached hydrogens (tertiary/aromatic N) is 3. The number of carboxylic acid groups (broad SMARTS) is 1. The predicted molar refractivity (Wildman–Crippen MR) is 104 cm³/mol. The number of pyridine rings is 1. The highest BCUT2D eigenvalue weighted by Crippen LogP contribution is 2.46. The molecule has 2 fully saturated rings. The second-order valence-corrected chi connectivity index (χ2v) is 9.00. The molecule has 0 aliphatic carbocycles. The molecule has 2 aromatic heterocycles. The van der Waals surface area contributed by atoms with Crippen LogP contribution in [0, 0.1) is 0 Å². The lowest BCUT2D eigenvalue weighted by molar-refractivity contribution is -0.192. The summed E-state index contributed by atoms with van der Waals surface area (Å²) < 4.78 is 37.9. The van der Waals surface area contributed by atoms with Crippen LogP contribution in [0.25, 0.3) is 0 Å². The van der Waals surface area contributed by atoms with Crippen LogP contribution in [-0.4, -0.2) is 67.7 Å². The van der Waals surface area contributed by atoms with Crippen LogP contribution in [0.5, 0.6) is 0 Å². The Hall–Kier alpha value is -2.18. The van der Waals surface area contributed by atoms with E-state index in [1.807, 2.05) is 40.2 Å². The average molecular weight is 461 g/mol. The number of ether oxygens (including phenoxy) is 1. The van der Waals surface area contributed by atoms with E-state index in [1.54, 1.807) is 11.7 Å². The van der Waals surface area contributed by atoms with Crippen molar-refractivity contribution in [3.8, 4) is 0 Å². The Morgan fingerprint density at radius 3 is 2.60 bits per heavy atom. The van der Waals surface area contributed by atoms with E-state index in [0.717, 1.165) is 31.0 Å². The molecule has 7 nitrogen and oxygen atoms in total. The van der Waals surface area contributed by atoms with Crippen LogP contribution in [0.2, 0.25) is 0 Å². The van der Waals surface area contributed by atoms with Crippen molar-refractivity contribution in [2.45, 2.75) is 30.1 Å². The molecular weight excluding hydrogens is 443 g/mol. The first-order chi connectivity index (χ1) is 14.2. The molecule has 0 saturated carbocycles. The molecule has 1 amide bonds. The molecule has 0 bridgehead atoms. The first-order valence-corrected chi connectivity index (χ1v) is 10.7. The van der Waals surface area contributed by atoms with Crippen molar-refractivity contribution in [2.24, 2.45) is 0 Å². The first-order valence-electron chi connectivity index (χ1n) is 8.82. The molecule has 30 heavy (non-hydrogen) atoms. The van der Waals surface area contributed by atoms with Gasteiger partial charge < -0.3 is 14.7 Å². The van der Waals surface area contributed by atoms with E-state index >= 15 is 0 Å². The number of aromatic nitrogens is 2. The van der Waals surface area contributed by atoms with Gasteiger partial charge in [-0.1, -0.05) is 6.07 Å². The molecule has 0 aromatic carbocycles. The maximum absolute atomic E-state index is 12.2. The Bertz CT molecular complexity index is 859. The van der Waals surface area contributed by atoms with E-state index in [2.05, 4.69) is 9.97 Å². The van der Waals surface area contributed by atoms with E-state index in [-0.39, 0.29) is 16.8 Å². The fourth-order valence-corrected chi connectivity index (χ4v) is 5.17. The second kappa shape index (κ2) is 9.31. The van der Waals surface area contributed by atoms with Gasteiger partial charge in [-0.15, -0.1) is 23.1 Å². The minimum atomic E-state index is -5.08. The second-order valence-electron chi connectivity index (χ2n) is 6.79. The van der Waals surface area contributed by atoms with E-state index in [0.29, 0.717) is 12.3 Å². The van der Waals surface area contributed by atoms with Gasteiger partial charge in [-0.25, -0.2) is 9.78 Å². The van der Waals surface area contributed by atoms with Crippen molar-refractivity contribution >= 4 is 35.0 Å². The lowest BCUT2D eigenvalue weighted by atomic mass is 9.92. The van der Waals surface area contributed by atoms with Crippen LogP contribution in [0.1, 0.15) is 22.6 Å². The summed E-state index contributed by atoms with van der Waals surface area (Å²) in [6.45, 7) is 2.17. The number of hydrogen-bond acceptors (Lipinski definition) is 7. The van der Waals surface area contributed by atoms with E-state index in [1.165, 1.54) is 11.3 Å². The maximum atomic E-state index is 12.2. The molecule has 1 N–H and O–H groups in total. The summed E-state index contributed by atoms with van der Waals surface area (Å²) in [6, 6.07) is 5.87. The van der Waals surface area contributed by atoms with Crippen LogP contribution >= 0.6 is 23.1 Å². The zero-order valence-corrected chi connectivity index (χ0v) is 17.2. The molecular formula is C18H18F3N3O4S2. The third kappa shape index (κ3) is 5.70. The Balaban J connectivity index is 0.000000318. The van der Waals surface area contributed by atoms with Crippen molar-refractivity contribution in [3.05, 3.63) is 46.7 Å². The molecule has 2 aliphatic heterocycles. The third-order valence-corrected chi connectivity index (χ3v) is 6.67. The highest BCUT2D eigenvalue weighted by molar-refractivity contribution is 8.01. The van der Waals surface area contributed by atoms with E-state index in [9.17, 15) is 18.0 Å². The zero-order valence-electron chi connectivity index (χ0n) is 15.5. The number of alkyl halides is 3. The van der Waals surface area contributed by atoms with Crippen LogP contribution < -0.4 is 0 Å². The van der Waals surface area contributed by atoms with Gasteiger partial charge in [0.15, 0.2) is 0 Å². The molecule has 1 atom stereocenters. The number of likely N-dealkylation sites (tertiary alicyclic amines) is 1. The summed E-state index contributed by atoms with van der Waals surface area (Å²) in [6.07, 6.45) is -2.04. The van der Waals surface area contributed by atoms with E-state index < -0.39 is 12.1 Å². The van der Waals surface area contributed by atoms with Gasteiger partial charge in [0.05, 0.1) is 28.7 Å². The summed E-state index contributed by atoms with van der Waals surface area (Å²) in [4.78, 5) is 31.4. The van der Waals surface area contributed by atoms with Crippen LogP contribution in [-0.2, 0) is 16.1 Å². The molecule has 0 radical (unpaired) electrons. The van der Waals surface area contributed by atoms with Gasteiger partial charge in [0.25, 0.3) is 5.91 Å². The number of carbonyl (C=O) groups is 2. The normalized spacial score (nSPS) is 19.7. The van der Waals surface area contributed by atoms with Gasteiger partial charge >= 0.3 is 12.1 Å². The third-order valence-electron chi connectivity index (χ3n) is 4.51. The number of halogens is 3. The van der Waals surface area contributed by atoms with Gasteiger partial charge in [-0.05, 0) is 18.6 Å². The summed E-state index contributed by atoms with van der Waals surface area (Å²) in [7, 11) is 0. The van der Waals surface area contributed by atoms with Gasteiger partial charge in [-0.2, -0.15) is 13.2 Å². The van der Waals surface area contributed by atoms with Crippen molar-refractivity contribution in [1.29, 1.82) is 0 Å². The topological polar surface area (TPSA) is 92.6 Å². The number of thioether (sulfide) groups is 1. The molecule has 12 heteroatoms. The minimum Gasteiger partial charge on any atom is -0.475 e. The van der Waals surface area contributed by atoms with Crippen molar-refractivity contribution < 1.29 is 32.6 Å². The molecule has 2 aliphatic rings. The van der Waals surface area contributed by atoms with Crippen molar-refractivity contribution in [2.75, 3.05) is 18.8 Å². The smallest absolute Gasteiger partial charge is 0.475 e. The number of rotatable bonds is 4. The van der Waals surface area contributed by atoms with Gasteiger partial charge in [0.2, 0.25) is 0 Å². The van der Waals surface area contributed by atoms with Gasteiger partial charge in [0, 0.05) is 30.4 Å². The highest BCUT2D eigenvalue weighted by atomic mass is 32.2. The summed E-state index contributed by atoms with van der Waals surface area (Å²) in [5, 5.41) is 8.94. The molecule has 2 saturated heterocycles.